The van der Waals surface area contributed by atoms with Crippen LogP contribution in [0.4, 0.5) is 0 Å². The number of nitrogens with zero attached hydrogens (tertiary/aromatic N) is 6. The smallest absolute Gasteiger partial charge is 0.271 e. The number of hydrogen-bond donors (Lipinski definition) is 1. The fraction of sp³-hybridized carbons (Fsp3) is 0.200. The summed E-state index contributed by atoms with van der Waals surface area (Å²) in [6.07, 6.45) is 4.82. The summed E-state index contributed by atoms with van der Waals surface area (Å²) in [4.78, 5) is 27.8. The zero-order valence-corrected chi connectivity index (χ0v) is 13.0. The van der Waals surface area contributed by atoms with E-state index in [1.165, 1.54) is 17.0 Å². The Morgan fingerprint density at radius 3 is 2.83 bits per heavy atom. The van der Waals surface area contributed by atoms with Crippen LogP contribution in [0.2, 0.25) is 0 Å². The summed E-state index contributed by atoms with van der Waals surface area (Å²) in [5.74, 6) is 0.163. The number of aromatic nitrogens is 6. The lowest BCUT2D eigenvalue weighted by atomic mass is 10.3. The summed E-state index contributed by atoms with van der Waals surface area (Å²) in [5.41, 5.74) is 0.702. The molecule has 0 bridgehead atoms. The van der Waals surface area contributed by atoms with Crippen LogP contribution >= 0.6 is 0 Å². The van der Waals surface area contributed by atoms with Gasteiger partial charge in [-0.1, -0.05) is 0 Å². The minimum absolute atomic E-state index is 0.153. The molecule has 24 heavy (non-hydrogen) atoms. The van der Waals surface area contributed by atoms with Crippen molar-refractivity contribution in [2.45, 2.75) is 13.5 Å². The summed E-state index contributed by atoms with van der Waals surface area (Å²) < 4.78 is 2.98. The molecule has 0 aromatic carbocycles. The third-order valence-electron chi connectivity index (χ3n) is 3.28. The van der Waals surface area contributed by atoms with Gasteiger partial charge in [0.1, 0.15) is 0 Å². The Morgan fingerprint density at radius 2 is 2.17 bits per heavy atom. The summed E-state index contributed by atoms with van der Waals surface area (Å²) in [5, 5.41) is 14.6. The molecule has 0 radical (unpaired) electrons. The fourth-order valence-corrected chi connectivity index (χ4v) is 2.04. The molecule has 0 fully saturated rings. The van der Waals surface area contributed by atoms with E-state index >= 15 is 0 Å². The predicted molar refractivity (Wildman–Crippen MR) is 84.7 cm³/mol. The molecule has 0 unspecified atom stereocenters. The van der Waals surface area contributed by atoms with Crippen LogP contribution in [0.15, 0.2) is 47.8 Å². The second-order valence-corrected chi connectivity index (χ2v) is 5.05. The van der Waals surface area contributed by atoms with Gasteiger partial charge < -0.3 is 5.32 Å². The Bertz CT molecular complexity index is 885. The van der Waals surface area contributed by atoms with Gasteiger partial charge >= 0.3 is 0 Å². The molecule has 0 aliphatic rings. The van der Waals surface area contributed by atoms with Crippen molar-refractivity contribution < 1.29 is 4.79 Å². The molecule has 1 N–H and O–H groups in total. The average molecular weight is 325 g/mol. The van der Waals surface area contributed by atoms with Crippen LogP contribution in [0.1, 0.15) is 16.2 Å². The van der Waals surface area contributed by atoms with Crippen molar-refractivity contribution in [3.05, 3.63) is 64.7 Å². The highest BCUT2D eigenvalue weighted by Crippen LogP contribution is 2.01. The molecule has 9 heteroatoms. The van der Waals surface area contributed by atoms with Crippen LogP contribution in [-0.4, -0.2) is 42.0 Å². The molecule has 0 atom stereocenters. The largest absolute Gasteiger partial charge is 0.349 e. The van der Waals surface area contributed by atoms with E-state index in [4.69, 9.17) is 0 Å². The minimum Gasteiger partial charge on any atom is -0.349 e. The quantitative estimate of drug-likeness (QED) is 0.705. The molecule has 3 aromatic heterocycles. The standard InChI is InChI=1S/C15H15N7O2/c1-11-9-14(23)21(10-17-11)8-6-16-15(24)12-3-4-13(20-19-12)22-7-2-5-18-22/h2-5,7,9-10H,6,8H2,1H3,(H,16,24). The fourth-order valence-electron chi connectivity index (χ4n) is 2.04. The number of nitrogens with one attached hydrogen (secondary N) is 1. The monoisotopic (exact) mass is 325 g/mol. The van der Waals surface area contributed by atoms with Crippen LogP contribution in [0.5, 0.6) is 0 Å². The molecule has 3 aromatic rings. The highest BCUT2D eigenvalue weighted by atomic mass is 16.2. The van der Waals surface area contributed by atoms with Gasteiger partial charge in [-0.3, -0.25) is 14.2 Å². The van der Waals surface area contributed by atoms with Crippen molar-refractivity contribution >= 4 is 5.91 Å². The second kappa shape index (κ2) is 6.82. The molecule has 3 rings (SSSR count). The molecule has 0 saturated carbocycles. The summed E-state index contributed by atoms with van der Waals surface area (Å²) in [7, 11) is 0. The highest BCUT2D eigenvalue weighted by Gasteiger charge is 2.08. The maximum atomic E-state index is 12.0. The van der Waals surface area contributed by atoms with Crippen LogP contribution in [-0.2, 0) is 6.54 Å². The first kappa shape index (κ1) is 15.5. The minimum atomic E-state index is -0.359. The lowest BCUT2D eigenvalue weighted by molar-refractivity contribution is 0.0946. The van der Waals surface area contributed by atoms with Gasteiger partial charge in [0.25, 0.3) is 11.5 Å². The van der Waals surface area contributed by atoms with Gasteiger partial charge in [0, 0.05) is 37.2 Å². The van der Waals surface area contributed by atoms with Gasteiger partial charge in [0.05, 0.1) is 6.33 Å². The molecule has 0 aliphatic heterocycles. The van der Waals surface area contributed by atoms with Gasteiger partial charge in [-0.25, -0.2) is 9.67 Å². The van der Waals surface area contributed by atoms with Crippen LogP contribution < -0.4 is 10.9 Å². The van der Waals surface area contributed by atoms with Crippen molar-refractivity contribution in [2.75, 3.05) is 6.54 Å². The maximum absolute atomic E-state index is 12.0. The van der Waals surface area contributed by atoms with E-state index in [0.717, 1.165) is 0 Å². The summed E-state index contributed by atoms with van der Waals surface area (Å²) >= 11 is 0. The third-order valence-corrected chi connectivity index (χ3v) is 3.28. The van der Waals surface area contributed by atoms with E-state index in [0.29, 0.717) is 18.1 Å². The van der Waals surface area contributed by atoms with Crippen LogP contribution in [0.3, 0.4) is 0 Å². The Balaban J connectivity index is 1.58. The van der Waals surface area contributed by atoms with Gasteiger partial charge in [-0.2, -0.15) is 5.10 Å². The predicted octanol–water partition coefficient (Wildman–Crippen LogP) is -0.0426. The van der Waals surface area contributed by atoms with Crippen molar-refractivity contribution in [3.63, 3.8) is 0 Å². The number of carbonyl (C=O) groups is 1. The van der Waals surface area contributed by atoms with Gasteiger partial charge in [-0.05, 0) is 25.1 Å². The molecule has 0 saturated heterocycles. The van der Waals surface area contributed by atoms with Crippen molar-refractivity contribution in [3.8, 4) is 5.82 Å². The van der Waals surface area contributed by atoms with E-state index in [2.05, 4.69) is 25.6 Å². The average Bonchev–Trinajstić information content (AvgIpc) is 3.11. The Kier molecular flexibility index (Phi) is 4.41. The molecular weight excluding hydrogens is 310 g/mol. The molecule has 0 aliphatic carbocycles. The van der Waals surface area contributed by atoms with E-state index in [1.54, 1.807) is 42.2 Å². The second-order valence-electron chi connectivity index (χ2n) is 5.05. The zero-order chi connectivity index (χ0) is 16.9. The molecular formula is C15H15N7O2. The van der Waals surface area contributed by atoms with Gasteiger partial charge in [0.15, 0.2) is 11.5 Å². The molecule has 1 amide bonds. The number of carbonyl (C=O) groups excluding carboxylic acids is 1. The van der Waals surface area contributed by atoms with E-state index in [1.807, 2.05) is 0 Å². The Labute approximate surface area is 137 Å². The number of aryl methyl sites for hydroxylation is 1. The first-order valence-corrected chi connectivity index (χ1v) is 7.28. The zero-order valence-electron chi connectivity index (χ0n) is 13.0. The van der Waals surface area contributed by atoms with Crippen LogP contribution in [0, 0.1) is 6.92 Å². The molecule has 0 spiro atoms. The molecule has 9 nitrogen and oxygen atoms in total. The van der Waals surface area contributed by atoms with Crippen molar-refractivity contribution in [1.29, 1.82) is 0 Å². The van der Waals surface area contributed by atoms with E-state index in [-0.39, 0.29) is 23.7 Å². The number of amides is 1. The van der Waals surface area contributed by atoms with Gasteiger partial charge in [0.2, 0.25) is 0 Å². The maximum Gasteiger partial charge on any atom is 0.271 e. The molecule has 3 heterocycles. The van der Waals surface area contributed by atoms with Gasteiger partial charge in [-0.15, -0.1) is 10.2 Å². The molecule has 122 valence electrons. The van der Waals surface area contributed by atoms with Crippen molar-refractivity contribution in [1.82, 2.24) is 34.8 Å². The van der Waals surface area contributed by atoms with E-state index in [9.17, 15) is 9.59 Å². The van der Waals surface area contributed by atoms with Crippen molar-refractivity contribution in [2.24, 2.45) is 0 Å². The topological polar surface area (TPSA) is 108 Å². The van der Waals surface area contributed by atoms with Crippen LogP contribution in [0.25, 0.3) is 5.82 Å². The Morgan fingerprint density at radius 1 is 1.29 bits per heavy atom. The third kappa shape index (κ3) is 3.51. The number of hydrogen-bond acceptors (Lipinski definition) is 6. The summed E-state index contributed by atoms with van der Waals surface area (Å²) in [6, 6.07) is 6.44. The normalized spacial score (nSPS) is 10.5. The lowest BCUT2D eigenvalue weighted by Gasteiger charge is -2.07. The SMILES string of the molecule is Cc1cc(=O)n(CCNC(=O)c2ccc(-n3cccn3)nn2)cn1. The summed E-state index contributed by atoms with van der Waals surface area (Å²) in [6.45, 7) is 2.36. The highest BCUT2D eigenvalue weighted by molar-refractivity contribution is 5.92. The lowest BCUT2D eigenvalue weighted by Crippen LogP contribution is -2.31. The first-order valence-electron chi connectivity index (χ1n) is 7.28. The first-order chi connectivity index (χ1) is 11.6. The van der Waals surface area contributed by atoms with E-state index < -0.39 is 0 Å². The Hall–Kier alpha value is -3.36. The number of rotatable bonds is 5.